The van der Waals surface area contributed by atoms with Crippen LogP contribution in [-0.2, 0) is 22.7 Å². The third-order valence-corrected chi connectivity index (χ3v) is 9.03. The Morgan fingerprint density at radius 2 is 1.74 bits per heavy atom. The van der Waals surface area contributed by atoms with Crippen LogP contribution in [0, 0.1) is 0 Å². The van der Waals surface area contributed by atoms with Gasteiger partial charge in [0.2, 0.25) is 11.8 Å². The number of rotatable bonds is 5. The molecule has 5 heterocycles. The summed E-state index contributed by atoms with van der Waals surface area (Å²) in [6.45, 7) is 3.84. The number of carbonyl (C=O) groups excluding carboxylic acids is 4. The molecular weight excluding hydrogens is 546 g/mol. The molecule has 3 aromatic rings. The lowest BCUT2D eigenvalue weighted by Crippen LogP contribution is -2.52. The minimum absolute atomic E-state index is 0.0991. The smallest absolute Gasteiger partial charge is 0.263 e. The number of piperidine rings is 2. The van der Waals surface area contributed by atoms with E-state index in [0.29, 0.717) is 54.7 Å². The van der Waals surface area contributed by atoms with Gasteiger partial charge in [-0.2, -0.15) is 0 Å². The van der Waals surface area contributed by atoms with Crippen molar-refractivity contribution >= 4 is 29.4 Å². The number of nitrogens with zero attached hydrogens (tertiary/aromatic N) is 4. The Hall–Kier alpha value is -4.57. The monoisotopic (exact) mass is 579 g/mol. The summed E-state index contributed by atoms with van der Waals surface area (Å²) in [4.78, 5) is 60.5. The van der Waals surface area contributed by atoms with Crippen LogP contribution in [-0.4, -0.2) is 70.7 Å². The molecule has 10 nitrogen and oxygen atoms in total. The molecule has 10 heteroatoms. The van der Waals surface area contributed by atoms with Crippen LogP contribution < -0.4 is 15.0 Å². The van der Waals surface area contributed by atoms with Gasteiger partial charge in [-0.1, -0.05) is 24.3 Å². The Bertz CT molecular complexity index is 1600. The molecule has 1 N–H and O–H groups in total. The summed E-state index contributed by atoms with van der Waals surface area (Å²) < 4.78 is 5.91. The lowest BCUT2D eigenvalue weighted by Gasteiger charge is -2.32. The summed E-state index contributed by atoms with van der Waals surface area (Å²) in [6.07, 6.45) is 4.28. The number of nitrogens with one attached hydrogen (secondary N) is 1. The third-order valence-electron chi connectivity index (χ3n) is 9.03. The molecule has 43 heavy (non-hydrogen) atoms. The first-order valence-corrected chi connectivity index (χ1v) is 14.9. The number of ether oxygens (including phenoxy) is 1. The van der Waals surface area contributed by atoms with Gasteiger partial charge in [0.15, 0.2) is 0 Å². The van der Waals surface area contributed by atoms with Crippen LogP contribution >= 0.6 is 0 Å². The predicted molar refractivity (Wildman–Crippen MR) is 158 cm³/mol. The highest BCUT2D eigenvalue weighted by atomic mass is 16.5. The fraction of sp³-hybridized carbons (Fsp3) is 0.364. The molecule has 7 rings (SSSR count). The van der Waals surface area contributed by atoms with Gasteiger partial charge in [0.25, 0.3) is 11.8 Å². The van der Waals surface area contributed by atoms with Gasteiger partial charge in [-0.3, -0.25) is 34.3 Å². The quantitative estimate of drug-likeness (QED) is 0.462. The standard InChI is InChI=1S/C33H33N5O5/c39-30-9-7-27(31(40)35-30)38-20-24-18-23(5-6-25(24)32(38)41)22-10-13-36(14-11-22)19-21-4-8-28-26(17-21)33(42)37(15-16-43-28)29-3-1-2-12-34-29/h1-6,8,12,17-18,22,27H,7,9-11,13-16,19-20H2,(H,35,39,40). The molecule has 0 saturated carbocycles. The zero-order valence-electron chi connectivity index (χ0n) is 23.8. The molecule has 2 fully saturated rings. The van der Waals surface area contributed by atoms with Crippen molar-refractivity contribution in [3.05, 3.63) is 88.6 Å². The first kappa shape index (κ1) is 27.3. The number of aromatic nitrogens is 1. The number of fused-ring (bicyclic) bond motifs is 2. The maximum Gasteiger partial charge on any atom is 0.263 e. The van der Waals surface area contributed by atoms with Crippen molar-refractivity contribution in [3.63, 3.8) is 0 Å². The zero-order chi connectivity index (χ0) is 29.5. The van der Waals surface area contributed by atoms with Crippen LogP contribution in [0.5, 0.6) is 5.75 Å². The van der Waals surface area contributed by atoms with Gasteiger partial charge in [-0.25, -0.2) is 4.98 Å². The molecule has 220 valence electrons. The number of pyridine rings is 1. The van der Waals surface area contributed by atoms with E-state index < -0.39 is 6.04 Å². The van der Waals surface area contributed by atoms with Crippen molar-refractivity contribution in [1.29, 1.82) is 0 Å². The highest BCUT2D eigenvalue weighted by molar-refractivity contribution is 6.08. The van der Waals surface area contributed by atoms with Crippen molar-refractivity contribution in [2.24, 2.45) is 0 Å². The Kier molecular flexibility index (Phi) is 7.14. The number of hydrogen-bond acceptors (Lipinski definition) is 7. The van der Waals surface area contributed by atoms with Gasteiger partial charge >= 0.3 is 0 Å². The molecular formula is C33H33N5O5. The number of carbonyl (C=O) groups is 4. The zero-order valence-corrected chi connectivity index (χ0v) is 23.8. The lowest BCUT2D eigenvalue weighted by molar-refractivity contribution is -0.136. The van der Waals surface area contributed by atoms with E-state index >= 15 is 0 Å². The van der Waals surface area contributed by atoms with Crippen molar-refractivity contribution in [3.8, 4) is 5.75 Å². The Balaban J connectivity index is 0.990. The highest BCUT2D eigenvalue weighted by Crippen LogP contribution is 2.34. The fourth-order valence-corrected chi connectivity index (χ4v) is 6.73. The predicted octanol–water partition coefficient (Wildman–Crippen LogP) is 3.26. The van der Waals surface area contributed by atoms with Gasteiger partial charge < -0.3 is 9.64 Å². The van der Waals surface area contributed by atoms with Gasteiger partial charge in [0, 0.05) is 31.3 Å². The van der Waals surface area contributed by atoms with Crippen molar-refractivity contribution in [1.82, 2.24) is 20.1 Å². The maximum absolute atomic E-state index is 13.5. The first-order valence-electron chi connectivity index (χ1n) is 14.9. The molecule has 1 atom stereocenters. The number of likely N-dealkylation sites (tertiary alicyclic amines) is 1. The van der Waals surface area contributed by atoms with E-state index in [4.69, 9.17) is 4.74 Å². The number of imide groups is 1. The minimum atomic E-state index is -0.600. The lowest BCUT2D eigenvalue weighted by atomic mass is 9.87. The Morgan fingerprint density at radius 1 is 0.884 bits per heavy atom. The van der Waals surface area contributed by atoms with E-state index in [9.17, 15) is 19.2 Å². The van der Waals surface area contributed by atoms with Crippen molar-refractivity contribution < 1.29 is 23.9 Å². The SMILES string of the molecule is O=C1CCC(N2Cc3cc(C4CCN(Cc5ccc6c(c5)C(=O)N(c5ccccn5)CCO6)CC4)ccc3C2=O)C(=O)N1. The molecule has 0 bridgehead atoms. The molecule has 4 amide bonds. The van der Waals surface area contributed by atoms with Crippen molar-refractivity contribution in [2.45, 2.75) is 50.7 Å². The van der Waals surface area contributed by atoms with Crippen LogP contribution in [0.1, 0.15) is 69.0 Å². The number of amides is 4. The van der Waals surface area contributed by atoms with Crippen LogP contribution in [0.25, 0.3) is 0 Å². The topological polar surface area (TPSA) is 112 Å². The van der Waals surface area contributed by atoms with E-state index in [1.54, 1.807) is 16.0 Å². The van der Waals surface area contributed by atoms with Crippen LogP contribution in [0.2, 0.25) is 0 Å². The second-order valence-electron chi connectivity index (χ2n) is 11.7. The third kappa shape index (κ3) is 5.27. The van der Waals surface area contributed by atoms with E-state index in [2.05, 4.69) is 27.3 Å². The van der Waals surface area contributed by atoms with Gasteiger partial charge in [0.05, 0.1) is 12.1 Å². The molecule has 2 saturated heterocycles. The second kappa shape index (κ2) is 11.3. The number of anilines is 1. The molecule has 4 aliphatic heterocycles. The highest BCUT2D eigenvalue weighted by Gasteiger charge is 2.39. The fourth-order valence-electron chi connectivity index (χ4n) is 6.73. The number of hydrogen-bond donors (Lipinski definition) is 1. The van der Waals surface area contributed by atoms with E-state index in [1.165, 1.54) is 5.56 Å². The summed E-state index contributed by atoms with van der Waals surface area (Å²) in [6, 6.07) is 16.9. The minimum Gasteiger partial charge on any atom is -0.491 e. The van der Waals surface area contributed by atoms with E-state index in [1.807, 2.05) is 42.5 Å². The molecule has 1 aromatic heterocycles. The van der Waals surface area contributed by atoms with Crippen molar-refractivity contribution in [2.75, 3.05) is 31.1 Å². The van der Waals surface area contributed by atoms with E-state index in [0.717, 1.165) is 43.6 Å². The summed E-state index contributed by atoms with van der Waals surface area (Å²) in [5.74, 6) is 0.706. The largest absolute Gasteiger partial charge is 0.491 e. The normalized spacial score (nSPS) is 21.3. The first-order chi connectivity index (χ1) is 20.9. The summed E-state index contributed by atoms with van der Waals surface area (Å²) in [7, 11) is 0. The van der Waals surface area contributed by atoms with Gasteiger partial charge in [-0.05, 0) is 85.3 Å². The average molecular weight is 580 g/mol. The molecule has 0 spiro atoms. The molecule has 2 aromatic carbocycles. The summed E-state index contributed by atoms with van der Waals surface area (Å²) >= 11 is 0. The summed E-state index contributed by atoms with van der Waals surface area (Å²) in [5.41, 5.74) is 4.45. The molecule has 4 aliphatic rings. The second-order valence-corrected chi connectivity index (χ2v) is 11.7. The Labute approximate surface area is 249 Å². The Morgan fingerprint density at radius 3 is 2.53 bits per heavy atom. The van der Waals surface area contributed by atoms with Gasteiger partial charge in [0.1, 0.15) is 24.2 Å². The summed E-state index contributed by atoms with van der Waals surface area (Å²) in [5, 5.41) is 2.36. The maximum atomic E-state index is 13.5. The van der Waals surface area contributed by atoms with Gasteiger partial charge in [-0.15, -0.1) is 0 Å². The molecule has 0 radical (unpaired) electrons. The van der Waals surface area contributed by atoms with E-state index in [-0.39, 0.29) is 30.0 Å². The average Bonchev–Trinajstić information content (AvgIpc) is 3.25. The number of benzene rings is 2. The molecule has 0 aliphatic carbocycles. The van der Waals surface area contributed by atoms with Crippen LogP contribution in [0.3, 0.4) is 0 Å². The van der Waals surface area contributed by atoms with Crippen LogP contribution in [0.15, 0.2) is 60.8 Å². The molecule has 1 unspecified atom stereocenters. The van der Waals surface area contributed by atoms with Crippen LogP contribution in [0.4, 0.5) is 5.82 Å².